The van der Waals surface area contributed by atoms with E-state index in [4.69, 9.17) is 29.6 Å². The lowest BCUT2D eigenvalue weighted by Crippen LogP contribution is -2.65. The second-order valence-electron chi connectivity index (χ2n) is 13.0. The molecular weight excluding hydrogens is 500 g/mol. The summed E-state index contributed by atoms with van der Waals surface area (Å²) >= 11 is 6.30. The zero-order chi connectivity index (χ0) is 26.0. The van der Waals surface area contributed by atoms with E-state index < -0.39 is 24.6 Å². The Labute approximate surface area is 217 Å². The number of hydrogen-bond acceptors (Lipinski definition) is 7. The molecule has 0 unspecified atom stereocenters. The topological polar surface area (TPSA) is 80.5 Å². The van der Waals surface area contributed by atoms with Crippen LogP contribution in [0.4, 0.5) is 0 Å². The van der Waals surface area contributed by atoms with Gasteiger partial charge in [-0.2, -0.15) is 0 Å². The Morgan fingerprint density at radius 1 is 1.09 bits per heavy atom. The normalized spacial score (nSPS) is 27.9. The first-order chi connectivity index (χ1) is 16.1. The third kappa shape index (κ3) is 4.64. The summed E-state index contributed by atoms with van der Waals surface area (Å²) in [7, 11) is -3.65. The minimum Gasteiger partial charge on any atom is -0.413 e. The Morgan fingerprint density at radius 3 is 2.34 bits per heavy atom. The molecule has 0 saturated carbocycles. The van der Waals surface area contributed by atoms with Gasteiger partial charge in [0.05, 0.1) is 12.9 Å². The number of fused-ring (bicyclic) bond motifs is 2. The zero-order valence-electron chi connectivity index (χ0n) is 22.8. The first-order valence-corrected chi connectivity index (χ1v) is 16.0. The molecule has 0 radical (unpaired) electrons. The van der Waals surface area contributed by atoms with E-state index in [-0.39, 0.29) is 33.4 Å². The summed E-state index contributed by atoms with van der Waals surface area (Å²) in [6, 6.07) is 0. The number of aromatic nitrogens is 4. The fourth-order valence-electron chi connectivity index (χ4n) is 5.21. The molecule has 35 heavy (non-hydrogen) atoms. The van der Waals surface area contributed by atoms with Gasteiger partial charge >= 0.3 is 8.56 Å². The second kappa shape index (κ2) is 9.14. The number of halogens is 1. The summed E-state index contributed by atoms with van der Waals surface area (Å²) in [5.41, 5.74) is 1.18. The lowest BCUT2D eigenvalue weighted by atomic mass is 9.99. The van der Waals surface area contributed by atoms with Crippen molar-refractivity contribution in [2.75, 3.05) is 6.61 Å². The Kier molecular flexibility index (Phi) is 7.09. The van der Waals surface area contributed by atoms with Crippen LogP contribution in [-0.2, 0) is 18.0 Å². The maximum atomic E-state index is 7.13. The summed E-state index contributed by atoms with van der Waals surface area (Å²) in [4.78, 5) is 13.0. The molecule has 2 fully saturated rings. The van der Waals surface area contributed by atoms with E-state index in [1.807, 2.05) is 4.57 Å². The quantitative estimate of drug-likeness (QED) is 0.383. The highest BCUT2D eigenvalue weighted by Gasteiger charge is 2.65. The third-order valence-electron chi connectivity index (χ3n) is 7.81. The maximum absolute atomic E-state index is 7.13. The van der Waals surface area contributed by atoms with E-state index in [0.717, 1.165) is 0 Å². The van der Waals surface area contributed by atoms with E-state index in [1.54, 1.807) is 6.33 Å². The van der Waals surface area contributed by atoms with Gasteiger partial charge in [-0.05, 0) is 11.0 Å². The molecule has 4 atom stereocenters. The second-order valence-corrected chi connectivity index (χ2v) is 20.5. The van der Waals surface area contributed by atoms with Crippen molar-refractivity contribution in [3.63, 3.8) is 0 Å². The van der Waals surface area contributed by atoms with Crippen LogP contribution in [0.3, 0.4) is 0 Å². The van der Waals surface area contributed by atoms with Gasteiger partial charge in [0.1, 0.15) is 30.2 Å². The highest BCUT2D eigenvalue weighted by molar-refractivity contribution is 6.73. The van der Waals surface area contributed by atoms with Crippen LogP contribution in [0, 0.1) is 5.92 Å². The van der Waals surface area contributed by atoms with Gasteiger partial charge in [-0.25, -0.2) is 15.0 Å². The van der Waals surface area contributed by atoms with E-state index >= 15 is 0 Å². The van der Waals surface area contributed by atoms with Gasteiger partial charge in [-0.3, -0.25) is 4.57 Å². The van der Waals surface area contributed by atoms with Gasteiger partial charge in [0.2, 0.25) is 0 Å². The summed E-state index contributed by atoms with van der Waals surface area (Å²) in [6.45, 7) is 23.0. The fraction of sp³-hybridized carbons (Fsp3) is 0.792. The van der Waals surface area contributed by atoms with Crippen LogP contribution in [0.15, 0.2) is 12.7 Å². The first kappa shape index (κ1) is 27.2. The molecule has 0 spiro atoms. The van der Waals surface area contributed by atoms with Crippen molar-refractivity contribution in [1.82, 2.24) is 19.5 Å². The highest BCUT2D eigenvalue weighted by atomic mass is 35.5. The first-order valence-electron chi connectivity index (χ1n) is 12.5. The van der Waals surface area contributed by atoms with Crippen LogP contribution in [0.25, 0.3) is 11.2 Å². The molecular formula is C24H41ClN4O4Si2. The number of ether oxygens (including phenoxy) is 1. The Bertz CT molecular complexity index is 1050. The summed E-state index contributed by atoms with van der Waals surface area (Å²) in [5, 5.41) is 0.188. The lowest BCUT2D eigenvalue weighted by Gasteiger charge is -2.53. The summed E-state index contributed by atoms with van der Waals surface area (Å²) < 4.78 is 29.2. The van der Waals surface area contributed by atoms with E-state index in [2.05, 4.69) is 84.2 Å². The van der Waals surface area contributed by atoms with Gasteiger partial charge < -0.3 is 18.0 Å². The lowest BCUT2D eigenvalue weighted by molar-refractivity contribution is -0.0795. The molecule has 0 aromatic carbocycles. The maximum Gasteiger partial charge on any atom is 0.349 e. The number of hydrogen-bond donors (Lipinski definition) is 0. The molecule has 4 rings (SSSR count). The SMILES string of the molecule is CC(C)C(C)(C)[SiH2]O[C@@H]1[C@H]2O[Si](C(C)(C)C)(C(C)(C)C)OC[C@H]2O[C@H]1n1cnc2c(Cl)ncnc21. The molecule has 2 saturated heterocycles. The molecule has 0 amide bonds. The van der Waals surface area contributed by atoms with Crippen molar-refractivity contribution in [2.24, 2.45) is 5.92 Å². The molecule has 0 N–H and O–H groups in total. The minimum absolute atomic E-state index is 0.124. The smallest absolute Gasteiger partial charge is 0.349 e. The van der Waals surface area contributed by atoms with Crippen LogP contribution < -0.4 is 0 Å². The monoisotopic (exact) mass is 540 g/mol. The Balaban J connectivity index is 1.75. The predicted octanol–water partition coefficient (Wildman–Crippen LogP) is 5.16. The van der Waals surface area contributed by atoms with E-state index in [1.165, 1.54) is 6.33 Å². The highest BCUT2D eigenvalue weighted by Crippen LogP contribution is 2.56. The van der Waals surface area contributed by atoms with Crippen molar-refractivity contribution in [1.29, 1.82) is 0 Å². The molecule has 2 aliphatic heterocycles. The van der Waals surface area contributed by atoms with Crippen molar-refractivity contribution in [3.05, 3.63) is 17.8 Å². The zero-order valence-corrected chi connectivity index (χ0v) is 25.9. The third-order valence-corrected chi connectivity index (χ3v) is 15.3. The van der Waals surface area contributed by atoms with Crippen molar-refractivity contribution in [3.8, 4) is 0 Å². The predicted molar refractivity (Wildman–Crippen MR) is 143 cm³/mol. The standard InChI is InChI=1S/C24H41ClN4O4Si2/c1-14(2)24(9,10)34-32-18-17-15(11-30-35(33-17,22(3,4)5)23(6,7)8)31-21(18)29-13-28-16-19(25)26-12-27-20(16)29/h12-15,17-18,21H,11,34H2,1-10H3/t15-,17+,18-,21-/m1/s1. The average molecular weight is 541 g/mol. The number of imidazole rings is 1. The van der Waals surface area contributed by atoms with Crippen LogP contribution in [0.5, 0.6) is 0 Å². The van der Waals surface area contributed by atoms with Crippen molar-refractivity contribution < 1.29 is 18.0 Å². The van der Waals surface area contributed by atoms with Crippen LogP contribution in [-0.4, -0.2) is 62.8 Å². The van der Waals surface area contributed by atoms with Crippen molar-refractivity contribution in [2.45, 2.75) is 109 Å². The molecule has 196 valence electrons. The fourth-order valence-corrected chi connectivity index (χ4v) is 11.7. The largest absolute Gasteiger partial charge is 0.413 e. The molecule has 2 aliphatic rings. The van der Waals surface area contributed by atoms with Crippen LogP contribution in [0.1, 0.15) is 75.5 Å². The summed E-state index contributed by atoms with van der Waals surface area (Å²) in [5.74, 6) is 0.514. The molecule has 11 heteroatoms. The van der Waals surface area contributed by atoms with Gasteiger partial charge in [0, 0.05) is 10.1 Å². The average Bonchev–Trinajstić information content (AvgIpc) is 3.31. The van der Waals surface area contributed by atoms with Gasteiger partial charge in [0.25, 0.3) is 0 Å². The Morgan fingerprint density at radius 2 is 1.74 bits per heavy atom. The number of nitrogens with zero attached hydrogens (tertiary/aromatic N) is 4. The van der Waals surface area contributed by atoms with E-state index in [9.17, 15) is 0 Å². The molecule has 2 aromatic rings. The van der Waals surface area contributed by atoms with Crippen molar-refractivity contribution >= 4 is 41.1 Å². The van der Waals surface area contributed by atoms with Gasteiger partial charge in [-0.15, -0.1) is 0 Å². The summed E-state index contributed by atoms with van der Waals surface area (Å²) in [6.07, 6.45) is 1.97. The molecule has 0 aliphatic carbocycles. The Hall–Kier alpha value is -0.886. The number of rotatable bonds is 5. The molecule has 0 bridgehead atoms. The van der Waals surface area contributed by atoms with Crippen LogP contribution in [0.2, 0.25) is 20.3 Å². The molecule has 2 aromatic heterocycles. The minimum atomic E-state index is -2.70. The van der Waals surface area contributed by atoms with Crippen LogP contribution >= 0.6 is 11.6 Å². The molecule has 8 nitrogen and oxygen atoms in total. The molecule has 4 heterocycles. The van der Waals surface area contributed by atoms with Gasteiger partial charge in [-0.1, -0.05) is 80.8 Å². The van der Waals surface area contributed by atoms with Gasteiger partial charge in [0.15, 0.2) is 26.8 Å². The van der Waals surface area contributed by atoms with E-state index in [0.29, 0.717) is 28.8 Å².